The molecule has 0 fully saturated rings. The number of fused-ring (bicyclic) bond motifs is 2. The number of hydrogen-bond donors (Lipinski definition) is 3. The van der Waals surface area contributed by atoms with Gasteiger partial charge in [-0.15, -0.1) is 0 Å². The van der Waals surface area contributed by atoms with E-state index in [2.05, 4.69) is 14.7 Å². The van der Waals surface area contributed by atoms with Crippen molar-refractivity contribution in [3.05, 3.63) is 70.1 Å². The highest BCUT2D eigenvalue weighted by Crippen LogP contribution is 2.41. The fraction of sp³-hybridized carbons (Fsp3) is 0.167. The van der Waals surface area contributed by atoms with E-state index in [0.29, 0.717) is 27.6 Å². The fourth-order valence-corrected chi connectivity index (χ4v) is 5.88. The molecule has 1 aliphatic rings. The molecule has 8 nitrogen and oxygen atoms in total. The summed E-state index contributed by atoms with van der Waals surface area (Å²) < 4.78 is 49.6. The van der Waals surface area contributed by atoms with Crippen LogP contribution in [0.15, 0.2) is 47.5 Å². The molecule has 11 heteroatoms. The van der Waals surface area contributed by atoms with Gasteiger partial charge in [0.15, 0.2) is 0 Å². The SMILES string of the molecule is Cc1c(NS(=O)(=O)c2cc(Cl)cc3c2OC[C@@H]3O)ccc(F)c1-c1cc(C)c2nc(N)ncc2c1. The van der Waals surface area contributed by atoms with Gasteiger partial charge in [-0.3, -0.25) is 4.72 Å². The Kier molecular flexibility index (Phi) is 5.54. The molecule has 1 aliphatic heterocycles. The standard InChI is InChI=1S/C24H20ClFN4O4S/c1-11-5-13(6-14-9-28-24(27)29-22(11)14)21-12(2)18(4-3-17(21)26)30-35(32,33)20-8-15(25)7-16-19(31)10-34-23(16)20/h3-9,19,30-31H,10H2,1-2H3,(H2,27,28,29)/t19-/m0/s1. The van der Waals surface area contributed by atoms with E-state index < -0.39 is 21.9 Å². The van der Waals surface area contributed by atoms with Crippen molar-refractivity contribution in [3.63, 3.8) is 0 Å². The smallest absolute Gasteiger partial charge is 0.265 e. The molecule has 4 N–H and O–H groups in total. The average molecular weight is 515 g/mol. The molecule has 0 unspecified atom stereocenters. The van der Waals surface area contributed by atoms with Gasteiger partial charge in [0, 0.05) is 27.7 Å². The zero-order chi connectivity index (χ0) is 25.1. The van der Waals surface area contributed by atoms with Gasteiger partial charge in [-0.05, 0) is 66.9 Å². The Balaban J connectivity index is 1.60. The molecule has 180 valence electrons. The maximum absolute atomic E-state index is 15.1. The summed E-state index contributed by atoms with van der Waals surface area (Å²) in [7, 11) is -4.19. The Morgan fingerprint density at radius 1 is 1.23 bits per heavy atom. The van der Waals surface area contributed by atoms with Crippen molar-refractivity contribution in [2.45, 2.75) is 24.8 Å². The minimum Gasteiger partial charge on any atom is -0.489 e. The zero-order valence-corrected chi connectivity index (χ0v) is 20.2. The van der Waals surface area contributed by atoms with Crippen LogP contribution in [0.3, 0.4) is 0 Å². The van der Waals surface area contributed by atoms with Crippen LogP contribution < -0.4 is 15.2 Å². The first-order chi connectivity index (χ1) is 16.5. The summed E-state index contributed by atoms with van der Waals surface area (Å²) in [5.41, 5.74) is 8.72. The lowest BCUT2D eigenvalue weighted by Gasteiger charge is -2.17. The number of aryl methyl sites for hydroxylation is 1. The molecule has 0 radical (unpaired) electrons. The number of nitrogens with zero attached hydrogens (tertiary/aromatic N) is 2. The molecule has 1 atom stereocenters. The van der Waals surface area contributed by atoms with Gasteiger partial charge in [-0.1, -0.05) is 11.6 Å². The molecular formula is C24H20ClFN4O4S. The lowest BCUT2D eigenvalue weighted by Crippen LogP contribution is -2.15. The number of nitrogens with two attached hydrogens (primary N) is 1. The van der Waals surface area contributed by atoms with Gasteiger partial charge in [0.1, 0.15) is 29.2 Å². The van der Waals surface area contributed by atoms with Crippen molar-refractivity contribution in [1.29, 1.82) is 0 Å². The maximum atomic E-state index is 15.1. The molecule has 4 aromatic rings. The molecule has 0 bridgehead atoms. The molecular weight excluding hydrogens is 495 g/mol. The van der Waals surface area contributed by atoms with E-state index in [1.165, 1.54) is 24.3 Å². The van der Waals surface area contributed by atoms with E-state index in [0.717, 1.165) is 5.56 Å². The number of anilines is 2. The quantitative estimate of drug-likeness (QED) is 0.365. The summed E-state index contributed by atoms with van der Waals surface area (Å²) in [5, 5.41) is 10.9. The van der Waals surface area contributed by atoms with Crippen molar-refractivity contribution >= 4 is 44.2 Å². The normalized spacial score (nSPS) is 15.2. The van der Waals surface area contributed by atoms with Gasteiger partial charge in [0.2, 0.25) is 5.95 Å². The predicted molar refractivity (Wildman–Crippen MR) is 132 cm³/mol. The van der Waals surface area contributed by atoms with E-state index in [4.69, 9.17) is 22.1 Å². The van der Waals surface area contributed by atoms with Gasteiger partial charge < -0.3 is 15.6 Å². The third kappa shape index (κ3) is 4.03. The predicted octanol–water partition coefficient (Wildman–Crippen LogP) is 4.51. The minimum atomic E-state index is -4.19. The molecule has 5 rings (SSSR count). The number of benzene rings is 3. The Morgan fingerprint density at radius 2 is 2.00 bits per heavy atom. The van der Waals surface area contributed by atoms with E-state index >= 15 is 4.39 Å². The highest BCUT2D eigenvalue weighted by atomic mass is 35.5. The molecule has 0 amide bonds. The number of rotatable bonds is 4. The Labute approximate surface area is 205 Å². The van der Waals surface area contributed by atoms with Crippen molar-refractivity contribution in [3.8, 4) is 16.9 Å². The second kappa shape index (κ2) is 8.33. The number of halogens is 2. The third-order valence-electron chi connectivity index (χ3n) is 5.92. The van der Waals surface area contributed by atoms with Gasteiger partial charge in [0.25, 0.3) is 10.0 Å². The molecule has 1 aromatic heterocycles. The number of nitrogen functional groups attached to an aromatic ring is 1. The summed E-state index contributed by atoms with van der Waals surface area (Å²) in [6.45, 7) is 3.37. The van der Waals surface area contributed by atoms with Crippen molar-refractivity contribution < 1.29 is 22.7 Å². The van der Waals surface area contributed by atoms with Crippen LogP contribution >= 0.6 is 11.6 Å². The zero-order valence-electron chi connectivity index (χ0n) is 18.6. The van der Waals surface area contributed by atoms with Crippen LogP contribution in [0.4, 0.5) is 16.0 Å². The van der Waals surface area contributed by atoms with E-state index in [1.54, 1.807) is 25.3 Å². The largest absolute Gasteiger partial charge is 0.489 e. The Morgan fingerprint density at radius 3 is 2.77 bits per heavy atom. The first-order valence-electron chi connectivity index (χ1n) is 10.5. The number of nitrogens with one attached hydrogen (secondary N) is 1. The van der Waals surface area contributed by atoms with Crippen molar-refractivity contribution in [2.24, 2.45) is 0 Å². The van der Waals surface area contributed by atoms with Crippen molar-refractivity contribution in [1.82, 2.24) is 9.97 Å². The molecule has 0 aliphatic carbocycles. The lowest BCUT2D eigenvalue weighted by atomic mass is 9.95. The molecule has 35 heavy (non-hydrogen) atoms. The highest BCUT2D eigenvalue weighted by Gasteiger charge is 2.31. The van der Waals surface area contributed by atoms with Crippen LogP contribution in [0.5, 0.6) is 5.75 Å². The summed E-state index contributed by atoms with van der Waals surface area (Å²) >= 11 is 6.11. The number of ether oxygens (including phenoxy) is 1. The van der Waals surface area contributed by atoms with Crippen LogP contribution in [-0.2, 0) is 10.0 Å². The van der Waals surface area contributed by atoms with Crippen molar-refractivity contribution in [2.75, 3.05) is 17.1 Å². The van der Waals surface area contributed by atoms with E-state index in [-0.39, 0.29) is 39.5 Å². The average Bonchev–Trinajstić information content (AvgIpc) is 3.16. The number of aromatic nitrogens is 2. The Hall–Kier alpha value is -3.47. The van der Waals surface area contributed by atoms with Crippen LogP contribution in [0.2, 0.25) is 5.02 Å². The number of aliphatic hydroxyl groups is 1. The first kappa shape index (κ1) is 23.3. The summed E-state index contributed by atoms with van der Waals surface area (Å²) in [6.07, 6.45) is 0.578. The van der Waals surface area contributed by atoms with Crippen LogP contribution in [-0.4, -0.2) is 30.1 Å². The molecule has 0 saturated heterocycles. The Bertz CT molecular complexity index is 1630. The van der Waals surface area contributed by atoms with Gasteiger partial charge in [-0.2, -0.15) is 0 Å². The first-order valence-corrected chi connectivity index (χ1v) is 12.4. The molecule has 2 heterocycles. The molecule has 0 saturated carbocycles. The minimum absolute atomic E-state index is 0.0406. The maximum Gasteiger partial charge on any atom is 0.265 e. The van der Waals surface area contributed by atoms with Gasteiger partial charge in [0.05, 0.1) is 11.2 Å². The lowest BCUT2D eigenvalue weighted by molar-refractivity contribution is 0.140. The number of aliphatic hydroxyl groups excluding tert-OH is 1. The van der Waals surface area contributed by atoms with Crippen LogP contribution in [0.25, 0.3) is 22.0 Å². The topological polar surface area (TPSA) is 127 Å². The highest BCUT2D eigenvalue weighted by molar-refractivity contribution is 7.92. The van der Waals surface area contributed by atoms with Crippen LogP contribution in [0.1, 0.15) is 22.8 Å². The second-order valence-corrected chi connectivity index (χ2v) is 10.4. The fourth-order valence-electron chi connectivity index (χ4n) is 4.27. The van der Waals surface area contributed by atoms with Gasteiger partial charge in [-0.25, -0.2) is 22.8 Å². The molecule has 3 aromatic carbocycles. The summed E-state index contributed by atoms with van der Waals surface area (Å²) in [6, 6.07) is 8.75. The van der Waals surface area contributed by atoms with Crippen LogP contribution in [0, 0.1) is 19.7 Å². The number of sulfonamides is 1. The number of hydrogen-bond acceptors (Lipinski definition) is 7. The van der Waals surface area contributed by atoms with Gasteiger partial charge >= 0.3 is 0 Å². The summed E-state index contributed by atoms with van der Waals surface area (Å²) in [4.78, 5) is 8.04. The van der Waals surface area contributed by atoms with E-state index in [1.807, 2.05) is 6.92 Å². The summed E-state index contributed by atoms with van der Waals surface area (Å²) in [5.74, 6) is -0.342. The van der Waals surface area contributed by atoms with E-state index in [9.17, 15) is 13.5 Å². The molecule has 0 spiro atoms. The second-order valence-electron chi connectivity index (χ2n) is 8.31. The monoisotopic (exact) mass is 514 g/mol. The third-order valence-corrected chi connectivity index (χ3v) is 7.51.